The van der Waals surface area contributed by atoms with Crippen LogP contribution in [0.3, 0.4) is 0 Å². The van der Waals surface area contributed by atoms with Gasteiger partial charge in [-0.25, -0.2) is 0 Å². The first kappa shape index (κ1) is 18.4. The molecule has 1 saturated heterocycles. The van der Waals surface area contributed by atoms with E-state index in [1.54, 1.807) is 4.90 Å². The summed E-state index contributed by atoms with van der Waals surface area (Å²) < 4.78 is 4.95. The molecule has 1 aliphatic rings. The summed E-state index contributed by atoms with van der Waals surface area (Å²) in [5, 5.41) is 2.80. The lowest BCUT2D eigenvalue weighted by Gasteiger charge is -2.31. The van der Waals surface area contributed by atoms with Crippen LogP contribution in [0.2, 0.25) is 0 Å². The minimum absolute atomic E-state index is 0. The summed E-state index contributed by atoms with van der Waals surface area (Å²) in [6.45, 7) is 1.05. The van der Waals surface area contributed by atoms with Crippen molar-refractivity contribution in [1.29, 1.82) is 0 Å². The molecule has 2 unspecified atom stereocenters. The molecule has 0 saturated carbocycles. The SMILES string of the molecule is COCC(N)C(=O)N1CCNC(=O)CC1c1ccccc1.Cl. The van der Waals surface area contributed by atoms with Gasteiger partial charge in [-0.15, -0.1) is 12.4 Å². The molecule has 2 rings (SSSR count). The van der Waals surface area contributed by atoms with Crippen molar-refractivity contribution in [2.24, 2.45) is 5.73 Å². The van der Waals surface area contributed by atoms with Crippen LogP contribution in [0.5, 0.6) is 0 Å². The van der Waals surface area contributed by atoms with Crippen molar-refractivity contribution >= 4 is 24.2 Å². The number of nitrogens with two attached hydrogens (primary N) is 1. The molecule has 0 bridgehead atoms. The number of hydrogen-bond acceptors (Lipinski definition) is 4. The first-order valence-corrected chi connectivity index (χ1v) is 7.00. The molecule has 1 fully saturated rings. The third-order valence-electron chi connectivity index (χ3n) is 3.56. The maximum Gasteiger partial charge on any atom is 0.242 e. The van der Waals surface area contributed by atoms with Gasteiger partial charge in [0.25, 0.3) is 0 Å². The third kappa shape index (κ3) is 4.43. The lowest BCUT2D eigenvalue weighted by Crippen LogP contribution is -2.48. The summed E-state index contributed by atoms with van der Waals surface area (Å²) in [4.78, 5) is 26.0. The molecule has 7 heteroatoms. The van der Waals surface area contributed by atoms with E-state index in [0.717, 1.165) is 5.56 Å². The van der Waals surface area contributed by atoms with E-state index >= 15 is 0 Å². The fourth-order valence-corrected chi connectivity index (χ4v) is 2.53. The van der Waals surface area contributed by atoms with Crippen molar-refractivity contribution in [3.63, 3.8) is 0 Å². The highest BCUT2D eigenvalue weighted by Gasteiger charge is 2.32. The highest BCUT2D eigenvalue weighted by molar-refractivity contribution is 5.85. The molecule has 1 aromatic rings. The van der Waals surface area contributed by atoms with Crippen molar-refractivity contribution in [3.05, 3.63) is 35.9 Å². The van der Waals surface area contributed by atoms with E-state index in [0.29, 0.717) is 13.1 Å². The van der Waals surface area contributed by atoms with Crippen molar-refractivity contribution in [1.82, 2.24) is 10.2 Å². The molecule has 1 heterocycles. The van der Waals surface area contributed by atoms with Crippen LogP contribution in [0.15, 0.2) is 30.3 Å². The summed E-state index contributed by atoms with van der Waals surface area (Å²) in [5.74, 6) is -0.248. The van der Waals surface area contributed by atoms with Gasteiger partial charge in [0.15, 0.2) is 0 Å². The zero-order valence-electron chi connectivity index (χ0n) is 12.5. The molecular weight excluding hydrogens is 306 g/mol. The quantitative estimate of drug-likeness (QED) is 0.842. The summed E-state index contributed by atoms with van der Waals surface area (Å²) in [6.07, 6.45) is 0.245. The standard InChI is InChI=1S/C15H21N3O3.ClH/c1-21-10-12(16)15(20)18-8-7-17-14(19)9-13(18)11-5-3-2-4-6-11;/h2-6,12-13H,7-10,16H2,1H3,(H,17,19);1H. The van der Waals surface area contributed by atoms with Crippen molar-refractivity contribution in [2.75, 3.05) is 26.8 Å². The number of methoxy groups -OCH3 is 1. The van der Waals surface area contributed by atoms with E-state index in [-0.39, 0.29) is 43.3 Å². The Morgan fingerprint density at radius 3 is 2.77 bits per heavy atom. The Kier molecular flexibility index (Phi) is 7.31. The second kappa shape index (κ2) is 8.73. The predicted molar refractivity (Wildman–Crippen MR) is 85.6 cm³/mol. The lowest BCUT2D eigenvalue weighted by molar-refractivity contribution is -0.136. The van der Waals surface area contributed by atoms with Crippen LogP contribution < -0.4 is 11.1 Å². The maximum atomic E-state index is 12.5. The molecule has 2 amide bonds. The molecule has 0 radical (unpaired) electrons. The lowest BCUT2D eigenvalue weighted by atomic mass is 10.0. The summed E-state index contributed by atoms with van der Waals surface area (Å²) in [5.41, 5.74) is 6.80. The zero-order valence-corrected chi connectivity index (χ0v) is 13.3. The van der Waals surface area contributed by atoms with E-state index in [1.807, 2.05) is 30.3 Å². The number of nitrogens with zero attached hydrogens (tertiary/aromatic N) is 1. The van der Waals surface area contributed by atoms with Gasteiger partial charge < -0.3 is 20.7 Å². The van der Waals surface area contributed by atoms with Crippen LogP contribution in [0.4, 0.5) is 0 Å². The van der Waals surface area contributed by atoms with Crippen molar-refractivity contribution in [3.8, 4) is 0 Å². The monoisotopic (exact) mass is 327 g/mol. The smallest absolute Gasteiger partial charge is 0.242 e. The molecule has 1 aromatic carbocycles. The van der Waals surface area contributed by atoms with Gasteiger partial charge in [0.05, 0.1) is 19.1 Å². The average Bonchev–Trinajstić information content (AvgIpc) is 2.69. The number of ether oxygens (including phenoxy) is 1. The van der Waals surface area contributed by atoms with Crippen molar-refractivity contribution < 1.29 is 14.3 Å². The van der Waals surface area contributed by atoms with E-state index in [2.05, 4.69) is 5.32 Å². The van der Waals surface area contributed by atoms with Gasteiger partial charge in [-0.2, -0.15) is 0 Å². The van der Waals surface area contributed by atoms with Crippen LogP contribution in [-0.4, -0.2) is 49.6 Å². The molecule has 1 aliphatic heterocycles. The highest BCUT2D eigenvalue weighted by Crippen LogP contribution is 2.26. The normalized spacial score (nSPS) is 19.6. The van der Waals surface area contributed by atoms with Crippen LogP contribution >= 0.6 is 12.4 Å². The third-order valence-corrected chi connectivity index (χ3v) is 3.56. The maximum absolute atomic E-state index is 12.5. The first-order valence-electron chi connectivity index (χ1n) is 7.00. The Balaban J connectivity index is 0.00000242. The molecule has 2 atom stereocenters. The molecule has 6 nitrogen and oxygen atoms in total. The summed E-state index contributed by atoms with van der Waals surface area (Å²) in [6, 6.07) is 8.55. The largest absolute Gasteiger partial charge is 0.383 e. The van der Waals surface area contributed by atoms with Gasteiger partial charge in [-0.05, 0) is 5.56 Å². The Morgan fingerprint density at radius 2 is 2.14 bits per heavy atom. The molecule has 122 valence electrons. The first-order chi connectivity index (χ1) is 10.1. The molecule has 0 spiro atoms. The zero-order chi connectivity index (χ0) is 15.2. The number of amides is 2. The van der Waals surface area contributed by atoms with Gasteiger partial charge in [0.2, 0.25) is 11.8 Å². The number of carbonyl (C=O) groups excluding carboxylic acids is 2. The number of nitrogens with one attached hydrogen (secondary N) is 1. The topological polar surface area (TPSA) is 84.7 Å². The molecule has 3 N–H and O–H groups in total. The van der Waals surface area contributed by atoms with E-state index in [1.165, 1.54) is 7.11 Å². The Bertz CT molecular complexity index is 498. The van der Waals surface area contributed by atoms with Crippen LogP contribution in [-0.2, 0) is 14.3 Å². The minimum atomic E-state index is -0.714. The second-order valence-electron chi connectivity index (χ2n) is 5.07. The van der Waals surface area contributed by atoms with Gasteiger partial charge in [0.1, 0.15) is 6.04 Å². The molecular formula is C15H22ClN3O3. The van der Waals surface area contributed by atoms with E-state index < -0.39 is 6.04 Å². The Morgan fingerprint density at radius 1 is 1.45 bits per heavy atom. The Hall–Kier alpha value is -1.63. The van der Waals surface area contributed by atoms with E-state index in [9.17, 15) is 9.59 Å². The summed E-state index contributed by atoms with van der Waals surface area (Å²) in [7, 11) is 1.51. The molecule has 0 aliphatic carbocycles. The number of benzene rings is 1. The Labute approximate surface area is 136 Å². The number of halogens is 1. The number of rotatable bonds is 4. The molecule has 0 aromatic heterocycles. The predicted octanol–water partition coefficient (Wildman–Crippen LogP) is 0.472. The van der Waals surface area contributed by atoms with Gasteiger partial charge in [-0.3, -0.25) is 9.59 Å². The average molecular weight is 328 g/mol. The van der Waals surface area contributed by atoms with Crippen molar-refractivity contribution in [2.45, 2.75) is 18.5 Å². The number of hydrogen-bond donors (Lipinski definition) is 2. The highest BCUT2D eigenvalue weighted by atomic mass is 35.5. The minimum Gasteiger partial charge on any atom is -0.383 e. The fraction of sp³-hybridized carbons (Fsp3) is 0.467. The van der Waals surface area contributed by atoms with Crippen LogP contribution in [0, 0.1) is 0 Å². The van der Waals surface area contributed by atoms with Crippen LogP contribution in [0.1, 0.15) is 18.0 Å². The van der Waals surface area contributed by atoms with Gasteiger partial charge >= 0.3 is 0 Å². The van der Waals surface area contributed by atoms with Gasteiger partial charge in [0, 0.05) is 20.2 Å². The second-order valence-corrected chi connectivity index (χ2v) is 5.07. The van der Waals surface area contributed by atoms with E-state index in [4.69, 9.17) is 10.5 Å². The van der Waals surface area contributed by atoms with Crippen LogP contribution in [0.25, 0.3) is 0 Å². The molecule has 22 heavy (non-hydrogen) atoms. The van der Waals surface area contributed by atoms with Gasteiger partial charge in [-0.1, -0.05) is 30.3 Å². The summed E-state index contributed by atoms with van der Waals surface area (Å²) >= 11 is 0. The fourth-order valence-electron chi connectivity index (χ4n) is 2.53. The number of carbonyl (C=O) groups is 2.